The number of ether oxygens (including phenoxy) is 4. The average Bonchev–Trinajstić information content (AvgIpc) is 4.15. The molecule has 0 spiro atoms. The number of nitrogens with zero attached hydrogens (tertiary/aromatic N) is 4. The number of aliphatic imine (C=N–C) groups is 2. The minimum absolute atomic E-state index is 0.0344. The molecule has 7 rings (SSSR count). The maximum absolute atomic E-state index is 11.8. The van der Waals surface area contributed by atoms with Gasteiger partial charge in [0.2, 0.25) is 0 Å². The fourth-order valence-electron chi connectivity index (χ4n) is 7.25. The fourth-order valence-corrected chi connectivity index (χ4v) is 7.74. The van der Waals surface area contributed by atoms with Crippen molar-refractivity contribution < 1.29 is 39.1 Å². The number of aliphatic hydroxyl groups is 2. The van der Waals surface area contributed by atoms with Crippen molar-refractivity contribution in [2.45, 2.75) is 78.5 Å². The lowest BCUT2D eigenvalue weighted by Gasteiger charge is -2.20. The van der Waals surface area contributed by atoms with E-state index in [2.05, 4.69) is 44.3 Å². The van der Waals surface area contributed by atoms with Gasteiger partial charge in [-0.15, -0.1) is 0 Å². The van der Waals surface area contributed by atoms with E-state index in [1.807, 2.05) is 49.5 Å². The number of benzene rings is 4. The molecule has 0 saturated heterocycles. The third kappa shape index (κ3) is 11.9. The molecule has 1 unspecified atom stereocenters. The van der Waals surface area contributed by atoms with Crippen molar-refractivity contribution in [1.82, 2.24) is 15.3 Å². The summed E-state index contributed by atoms with van der Waals surface area (Å²) in [6, 6.07) is 21.6. The maximum Gasteiger partial charge on any atom is 0.323 e. The first-order valence-electron chi connectivity index (χ1n) is 20.8. The molecule has 1 aliphatic heterocycles. The van der Waals surface area contributed by atoms with Crippen LogP contribution in [-0.4, -0.2) is 62.9 Å². The van der Waals surface area contributed by atoms with Crippen LogP contribution in [0.2, 0.25) is 10.0 Å². The molecule has 0 fully saturated rings. The van der Waals surface area contributed by atoms with Gasteiger partial charge in [0.05, 0.1) is 22.8 Å². The van der Waals surface area contributed by atoms with Gasteiger partial charge in [0, 0.05) is 96.3 Å². The summed E-state index contributed by atoms with van der Waals surface area (Å²) in [5.41, 5.74) is 10.6. The quantitative estimate of drug-likeness (QED) is 0.0507. The molecular weight excluding hydrogens is 869 g/mol. The first-order chi connectivity index (χ1) is 31.4. The molecular formula is C50H49Cl2N5O8. The summed E-state index contributed by atoms with van der Waals surface area (Å²) in [4.78, 5) is 28.7. The van der Waals surface area contributed by atoms with Crippen molar-refractivity contribution in [3.63, 3.8) is 0 Å². The van der Waals surface area contributed by atoms with E-state index in [9.17, 15) is 20.1 Å². The van der Waals surface area contributed by atoms with Gasteiger partial charge >= 0.3 is 5.97 Å². The van der Waals surface area contributed by atoms with Gasteiger partial charge in [0.1, 0.15) is 61.5 Å². The molecule has 1 aliphatic rings. The van der Waals surface area contributed by atoms with Crippen LogP contribution in [0.5, 0.6) is 23.0 Å². The molecule has 4 N–H and O–H groups in total. The van der Waals surface area contributed by atoms with Crippen molar-refractivity contribution in [1.29, 1.82) is 0 Å². The van der Waals surface area contributed by atoms with Crippen LogP contribution in [0.4, 0.5) is 0 Å². The Hall–Kier alpha value is -6.35. The van der Waals surface area contributed by atoms with Crippen LogP contribution >= 0.6 is 23.2 Å². The molecule has 65 heavy (non-hydrogen) atoms. The van der Waals surface area contributed by atoms with Gasteiger partial charge in [0.25, 0.3) is 0 Å². The molecule has 0 radical (unpaired) electrons. The van der Waals surface area contributed by atoms with E-state index in [4.69, 9.17) is 42.1 Å². The Kier molecular flexibility index (Phi) is 15.5. The van der Waals surface area contributed by atoms with E-state index in [-0.39, 0.29) is 45.6 Å². The second-order valence-corrected chi connectivity index (χ2v) is 16.4. The summed E-state index contributed by atoms with van der Waals surface area (Å²) in [5.74, 6) is 0.484. The number of pyridine rings is 2. The van der Waals surface area contributed by atoms with Gasteiger partial charge in [-0.2, -0.15) is 0 Å². The van der Waals surface area contributed by atoms with Crippen LogP contribution in [0, 0.1) is 13.8 Å². The number of hydrogen-bond acceptors (Lipinski definition) is 12. The second kappa shape index (κ2) is 21.6. The highest BCUT2D eigenvalue weighted by atomic mass is 35.5. The third-order valence-electron chi connectivity index (χ3n) is 10.9. The molecule has 0 aliphatic carbocycles. The van der Waals surface area contributed by atoms with Crippen molar-refractivity contribution in [2.24, 2.45) is 9.98 Å². The second-order valence-electron chi connectivity index (χ2n) is 15.6. The van der Waals surface area contributed by atoms with Crippen LogP contribution in [0.15, 0.2) is 108 Å². The summed E-state index contributed by atoms with van der Waals surface area (Å²) in [7, 11) is 1.70. The standard InChI is InChI=1S/C50H49Cl2N5O8/c1-29-35(27-64-47-15-45(62-26-34-12-37(21-55-20-34)44-23-56-44)38(13-42(47)51)22-57-49(31(3)59)50(60)61)7-5-9-40(29)41-10-6-8-36(30(41)2)28-65-48-16-46(39(24-58)14-43(48)52)63-25-33-11-32(17-53-4)18-54-19-33/h5-21,23,31,44,49,57-59H,22,24-28H2,1-4H3,(H,60,61)/b53-17+/t31-,44?,49-/m0/s1. The molecule has 6 aromatic rings. The molecule has 15 heteroatoms. The third-order valence-corrected chi connectivity index (χ3v) is 11.5. The van der Waals surface area contributed by atoms with E-state index >= 15 is 0 Å². The highest BCUT2D eigenvalue weighted by molar-refractivity contribution is 6.32. The fraction of sp³-hybridized carbons (Fsp3) is 0.260. The van der Waals surface area contributed by atoms with Crippen LogP contribution in [0.25, 0.3) is 11.1 Å². The van der Waals surface area contributed by atoms with Crippen LogP contribution in [0.3, 0.4) is 0 Å². The Morgan fingerprint density at radius 2 is 1.29 bits per heavy atom. The summed E-state index contributed by atoms with van der Waals surface area (Å²) >= 11 is 13.5. The molecule has 3 heterocycles. The van der Waals surface area contributed by atoms with Crippen LogP contribution < -0.4 is 24.3 Å². The molecule has 4 aromatic carbocycles. The zero-order valence-electron chi connectivity index (χ0n) is 36.3. The van der Waals surface area contributed by atoms with Crippen LogP contribution in [-0.2, 0) is 44.4 Å². The number of hydrogen-bond donors (Lipinski definition) is 4. The van der Waals surface area contributed by atoms with E-state index in [0.29, 0.717) is 44.2 Å². The van der Waals surface area contributed by atoms with Gasteiger partial charge in [-0.05, 0) is 78.4 Å². The largest absolute Gasteiger partial charge is 0.488 e. The normalized spacial score (nSPS) is 14.0. The number of carboxylic acid groups (broad SMARTS) is 1. The smallest absolute Gasteiger partial charge is 0.323 e. The van der Waals surface area contributed by atoms with E-state index in [1.165, 1.54) is 6.92 Å². The first-order valence-corrected chi connectivity index (χ1v) is 21.6. The minimum atomic E-state index is -1.21. The molecule has 3 atom stereocenters. The number of carboxylic acids is 1. The van der Waals surface area contributed by atoms with E-state index in [1.54, 1.807) is 62.3 Å². The van der Waals surface area contributed by atoms with E-state index < -0.39 is 18.1 Å². The molecule has 0 amide bonds. The minimum Gasteiger partial charge on any atom is -0.488 e. The molecule has 0 saturated carbocycles. The molecule has 13 nitrogen and oxygen atoms in total. The Bertz CT molecular complexity index is 2720. The number of rotatable bonds is 21. The molecule has 336 valence electrons. The first kappa shape index (κ1) is 46.6. The van der Waals surface area contributed by atoms with Gasteiger partial charge in [-0.3, -0.25) is 30.1 Å². The van der Waals surface area contributed by atoms with Crippen molar-refractivity contribution in [3.8, 4) is 34.1 Å². The SMILES string of the molecule is C/N=C/c1cncc(COc2cc(OCc3cccc(-c4cccc(COc5cc(OCc6cncc(C7C=N7)c6)c(CN[C@H](C(=O)O)[C@H](C)O)cc5Cl)c4C)c3C)c(Cl)cc2CO)c1. The monoisotopic (exact) mass is 917 g/mol. The van der Waals surface area contributed by atoms with Crippen molar-refractivity contribution in [3.05, 3.63) is 163 Å². The van der Waals surface area contributed by atoms with Gasteiger partial charge in [0.15, 0.2) is 0 Å². The predicted molar refractivity (Wildman–Crippen MR) is 251 cm³/mol. The zero-order chi connectivity index (χ0) is 46.0. The number of carbonyl (C=O) groups is 1. The van der Waals surface area contributed by atoms with Crippen molar-refractivity contribution >= 4 is 41.6 Å². The lowest BCUT2D eigenvalue weighted by Crippen LogP contribution is -2.44. The topological polar surface area (TPSA) is 177 Å². The number of aliphatic hydroxyl groups excluding tert-OH is 2. The van der Waals surface area contributed by atoms with Gasteiger partial charge in [-0.1, -0.05) is 59.6 Å². The average molecular weight is 919 g/mol. The predicted octanol–water partition coefficient (Wildman–Crippen LogP) is 8.97. The molecule has 0 bridgehead atoms. The Labute approximate surface area is 387 Å². The summed E-state index contributed by atoms with van der Waals surface area (Å²) in [6.07, 6.45) is 9.34. The highest BCUT2D eigenvalue weighted by Gasteiger charge is 2.24. The maximum atomic E-state index is 11.8. The summed E-state index contributed by atoms with van der Waals surface area (Å²) in [5, 5.41) is 33.4. The van der Waals surface area contributed by atoms with Crippen molar-refractivity contribution in [2.75, 3.05) is 7.05 Å². The Balaban J connectivity index is 1.06. The Morgan fingerprint density at radius 3 is 1.83 bits per heavy atom. The van der Waals surface area contributed by atoms with Crippen LogP contribution in [0.1, 0.15) is 68.6 Å². The lowest BCUT2D eigenvalue weighted by molar-refractivity contribution is -0.142. The van der Waals surface area contributed by atoms with Gasteiger partial charge in [-0.25, -0.2) is 0 Å². The summed E-state index contributed by atoms with van der Waals surface area (Å²) in [6.45, 7) is 6.11. The van der Waals surface area contributed by atoms with Gasteiger partial charge < -0.3 is 34.3 Å². The number of nitrogens with one attached hydrogen (secondary N) is 1. The number of aromatic nitrogens is 2. The number of aliphatic carboxylic acids is 1. The lowest BCUT2D eigenvalue weighted by atomic mass is 9.92. The number of halogens is 2. The Morgan fingerprint density at radius 1 is 0.754 bits per heavy atom. The van der Waals surface area contributed by atoms with E-state index in [0.717, 1.165) is 55.6 Å². The summed E-state index contributed by atoms with van der Waals surface area (Å²) < 4.78 is 25.1. The highest BCUT2D eigenvalue weighted by Crippen LogP contribution is 2.37. The zero-order valence-corrected chi connectivity index (χ0v) is 37.8. The molecule has 2 aromatic heterocycles.